The van der Waals surface area contributed by atoms with Gasteiger partial charge in [0.2, 0.25) is 4.80 Å². The number of nitro groups is 1. The molecule has 0 bridgehead atoms. The lowest BCUT2D eigenvalue weighted by Gasteiger charge is -2.16. The molecular formula is C20H18Cl2N4O3S. The van der Waals surface area contributed by atoms with Crippen molar-refractivity contribution in [3.63, 3.8) is 0 Å². The molecule has 0 spiro atoms. The standard InChI is InChI=1S/C20H18Cl2N4O3S/c21-13-6-8-16(17(22)10-13)18-12-30-20(24-14-4-2-1-3-5-14)25(18)23-11-15-7-9-19(29-15)26(27)28/h6-12,14H,1-5H2. The summed E-state index contributed by atoms with van der Waals surface area (Å²) >= 11 is 13.9. The molecule has 10 heteroatoms. The number of benzene rings is 1. The van der Waals surface area contributed by atoms with Gasteiger partial charge in [0.15, 0.2) is 5.76 Å². The van der Waals surface area contributed by atoms with Gasteiger partial charge in [0.1, 0.15) is 4.92 Å². The van der Waals surface area contributed by atoms with Gasteiger partial charge in [0.05, 0.1) is 29.0 Å². The summed E-state index contributed by atoms with van der Waals surface area (Å²) in [5.74, 6) is -0.0583. The lowest BCUT2D eigenvalue weighted by Crippen LogP contribution is -2.19. The van der Waals surface area contributed by atoms with Crippen LogP contribution in [0.1, 0.15) is 37.9 Å². The van der Waals surface area contributed by atoms with E-state index in [9.17, 15) is 10.1 Å². The molecule has 4 rings (SSSR count). The molecular weight excluding hydrogens is 447 g/mol. The molecule has 0 amide bonds. The van der Waals surface area contributed by atoms with Crippen LogP contribution in [0.4, 0.5) is 5.88 Å². The minimum Gasteiger partial charge on any atom is -0.400 e. The van der Waals surface area contributed by atoms with Crippen molar-refractivity contribution in [2.75, 3.05) is 0 Å². The minimum atomic E-state index is -0.585. The SMILES string of the molecule is O=[N+]([O-])c1ccc(C=Nn2c(-c3ccc(Cl)cc3Cl)csc2=NC2CCCCC2)o1. The highest BCUT2D eigenvalue weighted by molar-refractivity contribution is 7.07. The summed E-state index contributed by atoms with van der Waals surface area (Å²) in [6, 6.07) is 8.34. The second-order valence-corrected chi connectivity index (χ2v) is 8.62. The van der Waals surface area contributed by atoms with Crippen molar-refractivity contribution in [3.8, 4) is 11.3 Å². The Kier molecular flexibility index (Phi) is 6.36. The molecule has 1 aliphatic carbocycles. The Hall–Kier alpha value is -2.42. The molecule has 1 saturated carbocycles. The molecule has 0 atom stereocenters. The number of halogens is 2. The van der Waals surface area contributed by atoms with Crippen LogP contribution in [0.3, 0.4) is 0 Å². The molecule has 2 aromatic heterocycles. The van der Waals surface area contributed by atoms with E-state index in [4.69, 9.17) is 32.6 Å². The maximum Gasteiger partial charge on any atom is 0.433 e. The van der Waals surface area contributed by atoms with Crippen LogP contribution >= 0.6 is 34.5 Å². The summed E-state index contributed by atoms with van der Waals surface area (Å²) < 4.78 is 6.88. The molecule has 30 heavy (non-hydrogen) atoms. The molecule has 1 aromatic carbocycles. The summed E-state index contributed by atoms with van der Waals surface area (Å²) in [4.78, 5) is 15.9. The number of thiazole rings is 1. The first-order valence-corrected chi connectivity index (χ1v) is 11.1. The molecule has 0 aliphatic heterocycles. The number of rotatable bonds is 5. The monoisotopic (exact) mass is 464 g/mol. The van der Waals surface area contributed by atoms with E-state index in [2.05, 4.69) is 5.10 Å². The Morgan fingerprint density at radius 3 is 2.70 bits per heavy atom. The number of nitrogens with zero attached hydrogens (tertiary/aromatic N) is 4. The third-order valence-electron chi connectivity index (χ3n) is 4.85. The molecule has 156 valence electrons. The van der Waals surface area contributed by atoms with Crippen molar-refractivity contribution in [1.82, 2.24) is 4.68 Å². The first kappa shape index (κ1) is 20.8. The van der Waals surface area contributed by atoms with E-state index >= 15 is 0 Å². The molecule has 1 fully saturated rings. The Morgan fingerprint density at radius 1 is 1.20 bits per heavy atom. The van der Waals surface area contributed by atoms with Gasteiger partial charge in [-0.05, 0) is 37.1 Å². The van der Waals surface area contributed by atoms with Crippen molar-refractivity contribution in [2.24, 2.45) is 10.1 Å². The van der Waals surface area contributed by atoms with Gasteiger partial charge < -0.3 is 4.42 Å². The number of furan rings is 1. The maximum absolute atomic E-state index is 10.9. The van der Waals surface area contributed by atoms with Crippen LogP contribution in [-0.4, -0.2) is 21.9 Å². The molecule has 0 unspecified atom stereocenters. The molecule has 3 aromatic rings. The van der Waals surface area contributed by atoms with Crippen LogP contribution < -0.4 is 4.80 Å². The molecule has 7 nitrogen and oxygen atoms in total. The number of hydrogen-bond acceptors (Lipinski definition) is 6. The molecule has 2 heterocycles. The van der Waals surface area contributed by atoms with Crippen molar-refractivity contribution >= 4 is 46.6 Å². The van der Waals surface area contributed by atoms with Gasteiger partial charge in [0, 0.05) is 16.0 Å². The average Bonchev–Trinajstić information content (AvgIpc) is 3.35. The predicted octanol–water partition coefficient (Wildman–Crippen LogP) is 6.14. The lowest BCUT2D eigenvalue weighted by atomic mass is 9.96. The van der Waals surface area contributed by atoms with E-state index < -0.39 is 4.92 Å². The van der Waals surface area contributed by atoms with E-state index in [-0.39, 0.29) is 17.7 Å². The summed E-state index contributed by atoms with van der Waals surface area (Å²) in [5, 5.41) is 18.4. The molecule has 1 aliphatic rings. The van der Waals surface area contributed by atoms with Gasteiger partial charge in [-0.25, -0.2) is 4.68 Å². The van der Waals surface area contributed by atoms with Crippen LogP contribution in [0, 0.1) is 10.1 Å². The van der Waals surface area contributed by atoms with E-state index in [0.29, 0.717) is 10.0 Å². The van der Waals surface area contributed by atoms with Crippen LogP contribution in [0.2, 0.25) is 10.0 Å². The van der Waals surface area contributed by atoms with Crippen LogP contribution in [0.15, 0.2) is 50.2 Å². The number of aromatic nitrogens is 1. The highest BCUT2D eigenvalue weighted by Gasteiger charge is 2.16. The normalized spacial score (nSPS) is 15.9. The van der Waals surface area contributed by atoms with Crippen LogP contribution in [0.25, 0.3) is 11.3 Å². The summed E-state index contributed by atoms with van der Waals surface area (Å²) in [6.07, 6.45) is 7.15. The number of hydrogen-bond donors (Lipinski definition) is 0. The fraction of sp³-hybridized carbons (Fsp3) is 0.300. The average molecular weight is 465 g/mol. The minimum absolute atomic E-state index is 0.261. The fourth-order valence-corrected chi connectivity index (χ4v) is 4.78. The van der Waals surface area contributed by atoms with Gasteiger partial charge in [-0.3, -0.25) is 15.1 Å². The van der Waals surface area contributed by atoms with Crippen molar-refractivity contribution in [3.05, 3.63) is 66.4 Å². The van der Waals surface area contributed by atoms with E-state index in [1.54, 1.807) is 16.8 Å². The fourth-order valence-electron chi connectivity index (χ4n) is 3.37. The molecule has 0 N–H and O–H groups in total. The zero-order valence-corrected chi connectivity index (χ0v) is 18.2. The highest BCUT2D eigenvalue weighted by Crippen LogP contribution is 2.31. The van der Waals surface area contributed by atoms with Gasteiger partial charge in [-0.1, -0.05) is 42.5 Å². The van der Waals surface area contributed by atoms with Gasteiger partial charge in [-0.2, -0.15) is 5.10 Å². The molecule has 0 radical (unpaired) electrons. The van der Waals surface area contributed by atoms with Crippen molar-refractivity contribution < 1.29 is 9.34 Å². The Labute approximate surface area is 186 Å². The zero-order valence-electron chi connectivity index (χ0n) is 15.8. The Bertz CT molecular complexity index is 1160. The van der Waals surface area contributed by atoms with Crippen molar-refractivity contribution in [1.29, 1.82) is 0 Å². The van der Waals surface area contributed by atoms with E-state index in [1.165, 1.54) is 48.9 Å². The Balaban J connectivity index is 1.77. The van der Waals surface area contributed by atoms with E-state index in [1.807, 2.05) is 11.4 Å². The summed E-state index contributed by atoms with van der Waals surface area (Å²) in [7, 11) is 0. The largest absolute Gasteiger partial charge is 0.433 e. The van der Waals surface area contributed by atoms with Crippen LogP contribution in [0.5, 0.6) is 0 Å². The zero-order chi connectivity index (χ0) is 21.1. The third kappa shape index (κ3) is 4.66. The lowest BCUT2D eigenvalue weighted by molar-refractivity contribution is -0.402. The summed E-state index contributed by atoms with van der Waals surface area (Å²) in [6.45, 7) is 0. The first-order chi connectivity index (χ1) is 14.5. The van der Waals surface area contributed by atoms with Crippen molar-refractivity contribution in [2.45, 2.75) is 38.1 Å². The van der Waals surface area contributed by atoms with Crippen LogP contribution in [-0.2, 0) is 0 Å². The topological polar surface area (TPSA) is 85.9 Å². The highest BCUT2D eigenvalue weighted by atomic mass is 35.5. The predicted molar refractivity (Wildman–Crippen MR) is 119 cm³/mol. The third-order valence-corrected chi connectivity index (χ3v) is 6.23. The van der Waals surface area contributed by atoms with E-state index in [0.717, 1.165) is 28.9 Å². The Morgan fingerprint density at radius 2 is 2.00 bits per heavy atom. The van der Waals surface area contributed by atoms with Gasteiger partial charge >= 0.3 is 5.88 Å². The second-order valence-electron chi connectivity index (χ2n) is 6.94. The summed E-state index contributed by atoms with van der Waals surface area (Å²) in [5.41, 5.74) is 1.53. The quantitative estimate of drug-likeness (QED) is 0.258. The van der Waals surface area contributed by atoms with Gasteiger partial charge in [-0.15, -0.1) is 11.3 Å². The molecule has 0 saturated heterocycles. The smallest absolute Gasteiger partial charge is 0.400 e. The van der Waals surface area contributed by atoms with Gasteiger partial charge in [0.25, 0.3) is 0 Å². The first-order valence-electron chi connectivity index (χ1n) is 9.49. The maximum atomic E-state index is 10.9. The second kappa shape index (κ2) is 9.16.